The lowest BCUT2D eigenvalue weighted by atomic mass is 9.90. The van der Waals surface area contributed by atoms with Crippen LogP contribution in [0.1, 0.15) is 68.9 Å². The van der Waals surface area contributed by atoms with Crippen molar-refractivity contribution in [3.63, 3.8) is 0 Å². The van der Waals surface area contributed by atoms with Gasteiger partial charge < -0.3 is 24.1 Å². The number of nitrogens with one attached hydrogen (secondary N) is 1. The number of hydrogen-bond donors (Lipinski definition) is 1. The second-order valence-corrected chi connectivity index (χ2v) is 8.65. The first-order valence-corrected chi connectivity index (χ1v) is 11.8. The van der Waals surface area contributed by atoms with Gasteiger partial charge in [0.25, 0.3) is 0 Å². The Morgan fingerprint density at radius 3 is 2.71 bits per heavy atom. The van der Waals surface area contributed by atoms with Gasteiger partial charge in [-0.2, -0.15) is 0 Å². The third-order valence-corrected chi connectivity index (χ3v) is 6.23. The van der Waals surface area contributed by atoms with E-state index in [4.69, 9.17) is 18.7 Å². The Morgan fingerprint density at radius 1 is 1.26 bits per heavy atom. The molecule has 4 rings (SSSR count). The number of carbonyl (C=O) groups is 1. The summed E-state index contributed by atoms with van der Waals surface area (Å²) in [5, 5.41) is 8.57. The molecule has 0 aliphatic carbocycles. The number of carbonyl (C=O) groups excluding carboxylic acids is 1. The highest BCUT2D eigenvalue weighted by molar-refractivity contribution is 5.86. The van der Waals surface area contributed by atoms with Gasteiger partial charge in [0, 0.05) is 24.5 Å². The fourth-order valence-electron chi connectivity index (χ4n) is 4.58. The number of piperidine rings is 1. The molecule has 3 aromatic rings. The Bertz CT molecular complexity index is 1170. The molecule has 0 bridgehead atoms. The van der Waals surface area contributed by atoms with Crippen molar-refractivity contribution in [2.45, 2.75) is 58.5 Å². The van der Waals surface area contributed by atoms with Crippen LogP contribution >= 0.6 is 0 Å². The van der Waals surface area contributed by atoms with Crippen molar-refractivity contribution < 1.29 is 27.9 Å². The van der Waals surface area contributed by atoms with Gasteiger partial charge in [0.1, 0.15) is 6.10 Å². The van der Waals surface area contributed by atoms with Crippen molar-refractivity contribution in [1.29, 1.82) is 0 Å². The molecule has 7 nitrogen and oxygen atoms in total. The Balaban J connectivity index is 1.76. The number of nitrogens with zero attached hydrogens (tertiary/aromatic N) is 1. The van der Waals surface area contributed by atoms with Crippen molar-refractivity contribution in [2.75, 3.05) is 20.2 Å². The molecule has 8 heteroatoms. The second kappa shape index (κ2) is 10.4. The van der Waals surface area contributed by atoms with Gasteiger partial charge in [0.05, 0.1) is 18.2 Å². The summed E-state index contributed by atoms with van der Waals surface area (Å²) in [5.41, 5.74) is 2.82. The number of fused-ring (bicyclic) bond motifs is 1. The smallest absolute Gasteiger partial charge is 0.303 e. The summed E-state index contributed by atoms with van der Waals surface area (Å²) in [7, 11) is 1.52. The van der Waals surface area contributed by atoms with Gasteiger partial charge in [-0.1, -0.05) is 24.6 Å². The maximum Gasteiger partial charge on any atom is 0.303 e. The quantitative estimate of drug-likeness (QED) is 0.416. The molecule has 1 N–H and O–H groups in total. The second-order valence-electron chi connectivity index (χ2n) is 8.65. The van der Waals surface area contributed by atoms with Crippen LogP contribution in [0.15, 0.2) is 28.8 Å². The van der Waals surface area contributed by atoms with Crippen LogP contribution in [0, 0.1) is 5.82 Å². The van der Waals surface area contributed by atoms with Crippen molar-refractivity contribution in [3.05, 3.63) is 46.9 Å². The van der Waals surface area contributed by atoms with Crippen LogP contribution in [0.2, 0.25) is 0 Å². The molecule has 0 radical (unpaired) electrons. The minimum absolute atomic E-state index is 0.159. The van der Waals surface area contributed by atoms with Crippen LogP contribution in [-0.2, 0) is 16.0 Å². The predicted molar refractivity (Wildman–Crippen MR) is 126 cm³/mol. The van der Waals surface area contributed by atoms with Crippen LogP contribution in [0.4, 0.5) is 4.39 Å². The Kier molecular flexibility index (Phi) is 7.36. The minimum Gasteiger partial charge on any atom is -0.493 e. The van der Waals surface area contributed by atoms with Gasteiger partial charge >= 0.3 is 5.97 Å². The summed E-state index contributed by atoms with van der Waals surface area (Å²) >= 11 is 0. The minimum atomic E-state index is -0.511. The summed E-state index contributed by atoms with van der Waals surface area (Å²) < 4.78 is 37.8. The van der Waals surface area contributed by atoms with E-state index in [0.29, 0.717) is 23.5 Å². The fourth-order valence-corrected chi connectivity index (χ4v) is 4.58. The fraction of sp³-hybridized carbons (Fsp3) is 0.462. The molecule has 1 aliphatic rings. The average molecular weight is 471 g/mol. The first-order valence-electron chi connectivity index (χ1n) is 11.8. The first kappa shape index (κ1) is 24.0. The molecule has 0 saturated carbocycles. The van der Waals surface area contributed by atoms with E-state index in [1.807, 2.05) is 6.92 Å². The van der Waals surface area contributed by atoms with E-state index in [1.54, 1.807) is 25.1 Å². The van der Waals surface area contributed by atoms with Gasteiger partial charge in [-0.05, 0) is 57.0 Å². The van der Waals surface area contributed by atoms with Gasteiger partial charge in [-0.15, -0.1) is 0 Å². The summed E-state index contributed by atoms with van der Waals surface area (Å²) in [6.07, 6.45) is 2.88. The predicted octanol–water partition coefficient (Wildman–Crippen LogP) is 5.81. The van der Waals surface area contributed by atoms with E-state index in [-0.39, 0.29) is 17.6 Å². The third-order valence-electron chi connectivity index (χ3n) is 6.23. The molecule has 1 saturated heterocycles. The number of aromatic nitrogens is 1. The van der Waals surface area contributed by atoms with Crippen molar-refractivity contribution in [1.82, 2.24) is 10.5 Å². The molecule has 1 fully saturated rings. The standard InChI is InChI=1S/C26H31FN2O5/c1-5-6-19-24-23(34-29-25(24)17-9-11-28-12-10-17)14-20(27)26(19)33-21-8-7-18(13-22(21)31-4)15(2)32-16(3)30/h7-8,13-15,17,28H,5-6,9-12H2,1-4H3. The molecule has 2 aromatic carbocycles. The lowest BCUT2D eigenvalue weighted by Gasteiger charge is -2.22. The molecule has 2 heterocycles. The lowest BCUT2D eigenvalue weighted by Crippen LogP contribution is -2.26. The molecular formula is C26H31FN2O5. The first-order chi connectivity index (χ1) is 16.4. The maximum atomic E-state index is 15.3. The zero-order chi connectivity index (χ0) is 24.2. The van der Waals surface area contributed by atoms with Crippen LogP contribution < -0.4 is 14.8 Å². The number of aryl methyl sites for hydroxylation is 1. The van der Waals surface area contributed by atoms with Gasteiger partial charge in [-0.3, -0.25) is 4.79 Å². The number of ether oxygens (including phenoxy) is 3. The van der Waals surface area contributed by atoms with Gasteiger partial charge in [-0.25, -0.2) is 4.39 Å². The van der Waals surface area contributed by atoms with Crippen molar-refractivity contribution >= 4 is 16.9 Å². The SMILES string of the molecule is CCCc1c(Oc2ccc(C(C)OC(C)=O)cc2OC)c(F)cc2onc(C3CCNCC3)c12. The highest BCUT2D eigenvalue weighted by Crippen LogP contribution is 2.42. The number of methoxy groups -OCH3 is 1. The van der Waals surface area contributed by atoms with E-state index >= 15 is 4.39 Å². The molecule has 34 heavy (non-hydrogen) atoms. The molecule has 0 spiro atoms. The molecule has 1 aliphatic heterocycles. The van der Waals surface area contributed by atoms with E-state index < -0.39 is 11.9 Å². The number of benzene rings is 2. The monoisotopic (exact) mass is 470 g/mol. The zero-order valence-electron chi connectivity index (χ0n) is 20.1. The van der Waals surface area contributed by atoms with E-state index in [1.165, 1.54) is 20.1 Å². The third kappa shape index (κ3) is 4.87. The molecule has 0 amide bonds. The topological polar surface area (TPSA) is 82.8 Å². The van der Waals surface area contributed by atoms with Crippen LogP contribution in [0.5, 0.6) is 17.2 Å². The van der Waals surface area contributed by atoms with Crippen molar-refractivity contribution in [2.24, 2.45) is 0 Å². The molecule has 1 aromatic heterocycles. The van der Waals surface area contributed by atoms with Crippen LogP contribution in [0.3, 0.4) is 0 Å². The largest absolute Gasteiger partial charge is 0.493 e. The summed E-state index contributed by atoms with van der Waals surface area (Å²) in [5.74, 6) is 0.326. The highest BCUT2D eigenvalue weighted by Gasteiger charge is 2.27. The normalized spacial score (nSPS) is 15.3. The van der Waals surface area contributed by atoms with Gasteiger partial charge in [0.15, 0.2) is 28.6 Å². The number of esters is 1. The molecule has 182 valence electrons. The van der Waals surface area contributed by atoms with Gasteiger partial charge in [0.2, 0.25) is 0 Å². The summed E-state index contributed by atoms with van der Waals surface area (Å²) in [4.78, 5) is 11.3. The average Bonchev–Trinajstić information content (AvgIpc) is 3.25. The van der Waals surface area contributed by atoms with Crippen LogP contribution in [-0.4, -0.2) is 31.3 Å². The maximum absolute atomic E-state index is 15.3. The number of rotatable bonds is 8. The lowest BCUT2D eigenvalue weighted by molar-refractivity contribution is -0.145. The molecular weight excluding hydrogens is 439 g/mol. The van der Waals surface area contributed by atoms with E-state index in [9.17, 15) is 4.79 Å². The number of halogens is 1. The van der Waals surface area contributed by atoms with Crippen LogP contribution in [0.25, 0.3) is 11.0 Å². The van der Waals surface area contributed by atoms with Crippen molar-refractivity contribution in [3.8, 4) is 17.2 Å². The highest BCUT2D eigenvalue weighted by atomic mass is 19.1. The van der Waals surface area contributed by atoms with E-state index in [0.717, 1.165) is 54.6 Å². The summed E-state index contributed by atoms with van der Waals surface area (Å²) in [6.45, 7) is 7.02. The number of hydrogen-bond acceptors (Lipinski definition) is 7. The Labute approximate surface area is 198 Å². The summed E-state index contributed by atoms with van der Waals surface area (Å²) in [6, 6.07) is 6.57. The molecule has 1 atom stereocenters. The molecule has 1 unspecified atom stereocenters. The Morgan fingerprint density at radius 2 is 2.03 bits per heavy atom. The van der Waals surface area contributed by atoms with E-state index in [2.05, 4.69) is 10.5 Å². The zero-order valence-corrected chi connectivity index (χ0v) is 20.1. The Hall–Kier alpha value is -3.13.